The molecule has 0 aromatic heterocycles. The quantitative estimate of drug-likeness (QED) is 0.453. The van der Waals surface area contributed by atoms with Crippen molar-refractivity contribution in [2.24, 2.45) is 5.73 Å². The lowest BCUT2D eigenvalue weighted by Gasteiger charge is -2.40. The van der Waals surface area contributed by atoms with Crippen LogP contribution in [0.1, 0.15) is 24.0 Å². The Balaban J connectivity index is 2.08. The third kappa shape index (κ3) is 5.10. The predicted octanol–water partition coefficient (Wildman–Crippen LogP) is 3.85. The van der Waals surface area contributed by atoms with Crippen LogP contribution in [0, 0.1) is 0 Å². The number of benzene rings is 3. The highest BCUT2D eigenvalue weighted by molar-refractivity contribution is 5.45. The zero-order valence-electron chi connectivity index (χ0n) is 18.0. The zero-order valence-corrected chi connectivity index (χ0v) is 18.0. The largest absolute Gasteiger partial charge is 0.508 e. The molecule has 0 radical (unpaired) electrons. The van der Waals surface area contributed by atoms with Gasteiger partial charge >= 0.3 is 0 Å². The lowest BCUT2D eigenvalue weighted by Crippen LogP contribution is -2.59. The van der Waals surface area contributed by atoms with E-state index in [0.717, 1.165) is 11.1 Å². The number of rotatable bonds is 9. The molecule has 3 aromatic carbocycles. The molecule has 0 spiro atoms. The minimum atomic E-state index is -1.47. The first-order valence-electron chi connectivity index (χ1n) is 10.1. The van der Waals surface area contributed by atoms with Gasteiger partial charge in [-0.2, -0.15) is 0 Å². The molecule has 3 aromatic rings. The number of aromatic hydroxyl groups is 1. The summed E-state index contributed by atoms with van der Waals surface area (Å²) in [7, 11) is 3.15. The number of ether oxygens (including phenoxy) is 3. The number of methoxy groups -OCH3 is 2. The molecule has 164 valence electrons. The van der Waals surface area contributed by atoms with E-state index in [0.29, 0.717) is 23.7 Å². The van der Waals surface area contributed by atoms with Gasteiger partial charge in [0.25, 0.3) is 0 Å². The number of hydrogen-bond donors (Lipinski definition) is 3. The van der Waals surface area contributed by atoms with Gasteiger partial charge in [-0.3, -0.25) is 5.73 Å². The van der Waals surface area contributed by atoms with Crippen molar-refractivity contribution < 1.29 is 24.4 Å². The maximum absolute atomic E-state index is 10.8. The summed E-state index contributed by atoms with van der Waals surface area (Å²) in [5, 5.41) is 20.4. The minimum absolute atomic E-state index is 0.118. The summed E-state index contributed by atoms with van der Waals surface area (Å²) in [4.78, 5) is 0. The second-order valence-corrected chi connectivity index (χ2v) is 7.48. The van der Waals surface area contributed by atoms with E-state index in [-0.39, 0.29) is 5.75 Å². The van der Waals surface area contributed by atoms with Crippen LogP contribution in [-0.4, -0.2) is 36.3 Å². The second kappa shape index (κ2) is 9.73. The van der Waals surface area contributed by atoms with E-state index < -0.39 is 17.7 Å². The van der Waals surface area contributed by atoms with Gasteiger partial charge in [0.1, 0.15) is 17.6 Å². The van der Waals surface area contributed by atoms with Gasteiger partial charge in [-0.15, -0.1) is 0 Å². The Bertz CT molecular complexity index is 975. The number of aliphatic hydroxyl groups is 1. The molecule has 6 nitrogen and oxygen atoms in total. The van der Waals surface area contributed by atoms with Crippen molar-refractivity contribution in [2.75, 3.05) is 14.2 Å². The van der Waals surface area contributed by atoms with Gasteiger partial charge in [0.05, 0.1) is 14.2 Å². The number of hydrogen-bond acceptors (Lipinski definition) is 6. The monoisotopic (exact) mass is 423 g/mol. The SMILES string of the molecule is COc1ccc(C(Cc2ccccc2)C(N)(Oc2ccc(O)cc2)C(C)O)cc1OC. The molecular formula is C25H29NO5. The van der Waals surface area contributed by atoms with Crippen molar-refractivity contribution in [1.82, 2.24) is 0 Å². The third-order valence-corrected chi connectivity index (χ3v) is 5.42. The summed E-state index contributed by atoms with van der Waals surface area (Å²) in [5.74, 6) is 1.30. The molecule has 4 N–H and O–H groups in total. The second-order valence-electron chi connectivity index (χ2n) is 7.48. The smallest absolute Gasteiger partial charge is 0.191 e. The van der Waals surface area contributed by atoms with Crippen LogP contribution in [0.15, 0.2) is 72.8 Å². The van der Waals surface area contributed by atoms with Crippen molar-refractivity contribution in [3.05, 3.63) is 83.9 Å². The molecule has 3 atom stereocenters. The topological polar surface area (TPSA) is 94.2 Å². The predicted molar refractivity (Wildman–Crippen MR) is 120 cm³/mol. The number of aliphatic hydroxyl groups excluding tert-OH is 1. The molecule has 0 aliphatic carbocycles. The Kier molecular flexibility index (Phi) is 7.05. The molecule has 6 heteroatoms. The number of phenols is 1. The average molecular weight is 424 g/mol. The summed E-state index contributed by atoms with van der Waals surface area (Å²) in [6, 6.07) is 21.7. The van der Waals surface area contributed by atoms with Crippen LogP contribution in [0.25, 0.3) is 0 Å². The summed E-state index contributed by atoms with van der Waals surface area (Å²) in [6.45, 7) is 1.61. The van der Waals surface area contributed by atoms with E-state index in [1.54, 1.807) is 33.3 Å². The van der Waals surface area contributed by atoms with Crippen LogP contribution in [0.5, 0.6) is 23.0 Å². The van der Waals surface area contributed by atoms with E-state index in [2.05, 4.69) is 0 Å². The Morgan fingerprint density at radius 2 is 1.55 bits per heavy atom. The molecule has 0 saturated heterocycles. The first-order valence-corrected chi connectivity index (χ1v) is 10.1. The molecule has 3 rings (SSSR count). The van der Waals surface area contributed by atoms with E-state index in [9.17, 15) is 10.2 Å². The minimum Gasteiger partial charge on any atom is -0.508 e. The van der Waals surface area contributed by atoms with Crippen LogP contribution in [0.4, 0.5) is 0 Å². The average Bonchev–Trinajstić information content (AvgIpc) is 2.79. The molecule has 0 bridgehead atoms. The van der Waals surface area contributed by atoms with E-state index in [4.69, 9.17) is 19.9 Å². The van der Waals surface area contributed by atoms with Gasteiger partial charge in [0.15, 0.2) is 17.2 Å². The lowest BCUT2D eigenvalue weighted by atomic mass is 9.80. The van der Waals surface area contributed by atoms with Gasteiger partial charge in [-0.1, -0.05) is 36.4 Å². The summed E-state index contributed by atoms with van der Waals surface area (Å²) >= 11 is 0. The fourth-order valence-corrected chi connectivity index (χ4v) is 3.62. The normalized spacial score (nSPS) is 14.9. The molecule has 31 heavy (non-hydrogen) atoms. The van der Waals surface area contributed by atoms with Crippen LogP contribution in [0.2, 0.25) is 0 Å². The standard InChI is InChI=1S/C25H29NO5/c1-17(27)25(26,31-21-12-10-20(28)11-13-21)22(15-18-7-5-4-6-8-18)19-9-14-23(29-2)24(16-19)30-3/h4-14,16-17,22,27-28H,15,26H2,1-3H3. The van der Waals surface area contributed by atoms with Crippen molar-refractivity contribution in [3.8, 4) is 23.0 Å². The number of phenolic OH excluding ortho intramolecular Hbond substituents is 1. The highest BCUT2D eigenvalue weighted by Gasteiger charge is 2.43. The maximum atomic E-state index is 10.8. The van der Waals surface area contributed by atoms with Crippen LogP contribution < -0.4 is 19.9 Å². The Labute approximate surface area is 182 Å². The van der Waals surface area contributed by atoms with Gasteiger partial charge in [0.2, 0.25) is 0 Å². The summed E-state index contributed by atoms with van der Waals surface area (Å²) in [6.07, 6.45) is -0.487. The molecule has 0 aliphatic rings. The van der Waals surface area contributed by atoms with Gasteiger partial charge in [-0.25, -0.2) is 0 Å². The van der Waals surface area contributed by atoms with Gasteiger partial charge < -0.3 is 24.4 Å². The molecule has 0 amide bonds. The van der Waals surface area contributed by atoms with Gasteiger partial charge in [0, 0.05) is 5.92 Å². The van der Waals surface area contributed by atoms with Crippen molar-refractivity contribution in [2.45, 2.75) is 31.1 Å². The van der Waals surface area contributed by atoms with Gasteiger partial charge in [-0.05, 0) is 60.9 Å². The van der Waals surface area contributed by atoms with Crippen LogP contribution in [-0.2, 0) is 6.42 Å². The highest BCUT2D eigenvalue weighted by Crippen LogP contribution is 2.39. The van der Waals surface area contributed by atoms with Crippen molar-refractivity contribution in [1.29, 1.82) is 0 Å². The fraction of sp³-hybridized carbons (Fsp3) is 0.280. The number of nitrogens with two attached hydrogens (primary N) is 1. The highest BCUT2D eigenvalue weighted by atomic mass is 16.5. The molecule has 0 aliphatic heterocycles. The molecular weight excluding hydrogens is 394 g/mol. The lowest BCUT2D eigenvalue weighted by molar-refractivity contribution is -0.0606. The van der Waals surface area contributed by atoms with E-state index in [1.165, 1.54) is 12.1 Å². The summed E-state index contributed by atoms with van der Waals surface area (Å²) in [5.41, 5.74) is 7.21. The maximum Gasteiger partial charge on any atom is 0.191 e. The van der Waals surface area contributed by atoms with E-state index >= 15 is 0 Å². The molecule has 0 heterocycles. The molecule has 0 fully saturated rings. The first-order chi connectivity index (χ1) is 14.9. The Morgan fingerprint density at radius 3 is 2.13 bits per heavy atom. The van der Waals surface area contributed by atoms with Crippen LogP contribution in [0.3, 0.4) is 0 Å². The van der Waals surface area contributed by atoms with Crippen molar-refractivity contribution in [3.63, 3.8) is 0 Å². The Hall–Kier alpha value is -3.22. The first kappa shape index (κ1) is 22.5. The zero-order chi connectivity index (χ0) is 22.4. The third-order valence-electron chi connectivity index (χ3n) is 5.42. The fourth-order valence-electron chi connectivity index (χ4n) is 3.62. The molecule has 3 unspecified atom stereocenters. The molecule has 0 saturated carbocycles. The Morgan fingerprint density at radius 1 is 0.903 bits per heavy atom. The van der Waals surface area contributed by atoms with E-state index in [1.807, 2.05) is 48.5 Å². The summed E-state index contributed by atoms with van der Waals surface area (Å²) < 4.78 is 17.0. The van der Waals surface area contributed by atoms with Crippen LogP contribution >= 0.6 is 0 Å². The van der Waals surface area contributed by atoms with Crippen molar-refractivity contribution >= 4 is 0 Å².